The van der Waals surface area contributed by atoms with Gasteiger partial charge in [-0.3, -0.25) is 14.3 Å². The molecular formula is C23H28N6O2S. The number of carbonyl (C=O) groups excluding carboxylic acids is 1. The fourth-order valence-electron chi connectivity index (χ4n) is 3.67. The molecule has 32 heavy (non-hydrogen) atoms. The summed E-state index contributed by atoms with van der Waals surface area (Å²) in [5.41, 5.74) is 1.83. The molecule has 0 N–H and O–H groups in total. The van der Waals surface area contributed by atoms with E-state index in [4.69, 9.17) is 4.74 Å². The van der Waals surface area contributed by atoms with Gasteiger partial charge in [-0.05, 0) is 49.9 Å². The number of amides is 1. The van der Waals surface area contributed by atoms with Crippen LogP contribution in [0.15, 0.2) is 53.9 Å². The molecule has 1 fully saturated rings. The minimum atomic E-state index is 0.137. The lowest BCUT2D eigenvalue weighted by molar-refractivity contribution is -0.130. The van der Waals surface area contributed by atoms with Crippen molar-refractivity contribution in [2.75, 3.05) is 45.1 Å². The number of rotatable bonds is 8. The Labute approximate surface area is 192 Å². The molecule has 0 radical (unpaired) electrons. The zero-order valence-corrected chi connectivity index (χ0v) is 19.3. The number of aromatic nitrogens is 4. The molecule has 0 bridgehead atoms. The smallest absolute Gasteiger partial charge is 0.233 e. The predicted octanol–water partition coefficient (Wildman–Crippen LogP) is 2.98. The molecule has 8 nitrogen and oxygen atoms in total. The van der Waals surface area contributed by atoms with Crippen LogP contribution in [0.1, 0.15) is 13.8 Å². The second-order valence-corrected chi connectivity index (χ2v) is 8.35. The Kier molecular flexibility index (Phi) is 7.39. The molecule has 0 aliphatic carbocycles. The van der Waals surface area contributed by atoms with E-state index in [0.29, 0.717) is 23.3 Å². The van der Waals surface area contributed by atoms with E-state index in [1.54, 1.807) is 12.4 Å². The lowest BCUT2D eigenvalue weighted by atomic mass is 10.2. The standard InChI is InChI=1S/C23H28N6O2S/c1-3-27-13-15-28(16-14-27)21(30)17-32-23-26-25-22(18-9-11-24-12-10-18)29(23)19-5-7-20(8-6-19)31-4-2/h5-12H,3-4,13-17H2,1-2H3. The molecular weight excluding hydrogens is 424 g/mol. The van der Waals surface area contributed by atoms with Crippen molar-refractivity contribution < 1.29 is 9.53 Å². The van der Waals surface area contributed by atoms with Crippen LogP contribution in [0.3, 0.4) is 0 Å². The van der Waals surface area contributed by atoms with Gasteiger partial charge in [0.1, 0.15) is 5.75 Å². The van der Waals surface area contributed by atoms with Crippen LogP contribution < -0.4 is 4.74 Å². The molecule has 1 saturated heterocycles. The molecule has 0 saturated carbocycles. The third kappa shape index (κ3) is 5.11. The maximum absolute atomic E-state index is 12.8. The van der Waals surface area contributed by atoms with E-state index >= 15 is 0 Å². The van der Waals surface area contributed by atoms with E-state index in [2.05, 4.69) is 27.0 Å². The van der Waals surface area contributed by atoms with Gasteiger partial charge < -0.3 is 14.5 Å². The Hall–Kier alpha value is -2.91. The van der Waals surface area contributed by atoms with Gasteiger partial charge in [-0.15, -0.1) is 10.2 Å². The van der Waals surface area contributed by atoms with Gasteiger partial charge in [-0.25, -0.2) is 0 Å². The van der Waals surface area contributed by atoms with E-state index in [-0.39, 0.29) is 5.91 Å². The summed E-state index contributed by atoms with van der Waals surface area (Å²) in [6.07, 6.45) is 3.47. The van der Waals surface area contributed by atoms with Crippen molar-refractivity contribution in [3.05, 3.63) is 48.8 Å². The monoisotopic (exact) mass is 452 g/mol. The maximum atomic E-state index is 12.8. The number of carbonyl (C=O) groups is 1. The largest absolute Gasteiger partial charge is 0.494 e. The Morgan fingerprint density at radius 1 is 1.00 bits per heavy atom. The summed E-state index contributed by atoms with van der Waals surface area (Å²) < 4.78 is 7.56. The van der Waals surface area contributed by atoms with Gasteiger partial charge in [0.05, 0.1) is 12.4 Å². The number of nitrogens with zero attached hydrogens (tertiary/aromatic N) is 6. The molecule has 1 amide bonds. The SMILES string of the molecule is CCOc1ccc(-n2c(SCC(=O)N3CCN(CC)CC3)nnc2-c2ccncc2)cc1. The number of hydrogen-bond acceptors (Lipinski definition) is 7. The van der Waals surface area contributed by atoms with Crippen molar-refractivity contribution in [1.82, 2.24) is 29.5 Å². The summed E-state index contributed by atoms with van der Waals surface area (Å²) >= 11 is 1.42. The van der Waals surface area contributed by atoms with Crippen molar-refractivity contribution in [2.24, 2.45) is 0 Å². The van der Waals surface area contributed by atoms with Crippen molar-refractivity contribution in [3.8, 4) is 22.8 Å². The molecule has 2 aromatic heterocycles. The first-order valence-electron chi connectivity index (χ1n) is 10.9. The lowest BCUT2D eigenvalue weighted by Gasteiger charge is -2.34. The summed E-state index contributed by atoms with van der Waals surface area (Å²) in [5.74, 6) is 1.99. The lowest BCUT2D eigenvalue weighted by Crippen LogP contribution is -2.49. The topological polar surface area (TPSA) is 76.4 Å². The van der Waals surface area contributed by atoms with Crippen LogP contribution in [0.2, 0.25) is 0 Å². The quantitative estimate of drug-likeness (QED) is 0.486. The van der Waals surface area contributed by atoms with Crippen LogP contribution in [0.4, 0.5) is 0 Å². The average Bonchev–Trinajstić information content (AvgIpc) is 3.28. The van der Waals surface area contributed by atoms with E-state index in [1.807, 2.05) is 52.8 Å². The Bertz CT molecular complexity index is 1020. The summed E-state index contributed by atoms with van der Waals surface area (Å²) in [5, 5.41) is 9.53. The highest BCUT2D eigenvalue weighted by atomic mass is 32.2. The fourth-order valence-corrected chi connectivity index (χ4v) is 4.53. The van der Waals surface area contributed by atoms with Crippen molar-refractivity contribution in [3.63, 3.8) is 0 Å². The third-order valence-corrected chi connectivity index (χ3v) is 6.39. The summed E-state index contributed by atoms with van der Waals surface area (Å²) in [6.45, 7) is 9.18. The maximum Gasteiger partial charge on any atom is 0.233 e. The zero-order valence-electron chi connectivity index (χ0n) is 18.5. The minimum absolute atomic E-state index is 0.137. The first-order chi connectivity index (χ1) is 15.7. The van der Waals surface area contributed by atoms with Crippen LogP contribution in [-0.4, -0.2) is 80.5 Å². The fraction of sp³-hybridized carbons (Fsp3) is 0.391. The van der Waals surface area contributed by atoms with E-state index in [1.165, 1.54) is 11.8 Å². The second kappa shape index (κ2) is 10.6. The van der Waals surface area contributed by atoms with Crippen molar-refractivity contribution in [2.45, 2.75) is 19.0 Å². The van der Waals surface area contributed by atoms with Gasteiger partial charge in [-0.1, -0.05) is 18.7 Å². The third-order valence-electron chi connectivity index (χ3n) is 5.47. The number of benzene rings is 1. The highest BCUT2D eigenvalue weighted by Crippen LogP contribution is 2.29. The second-order valence-electron chi connectivity index (χ2n) is 7.41. The molecule has 0 spiro atoms. The molecule has 3 heterocycles. The number of hydrogen-bond donors (Lipinski definition) is 0. The Morgan fingerprint density at radius 2 is 1.72 bits per heavy atom. The Balaban J connectivity index is 1.55. The summed E-state index contributed by atoms with van der Waals surface area (Å²) in [4.78, 5) is 21.2. The number of thioether (sulfide) groups is 1. The van der Waals surface area contributed by atoms with Crippen molar-refractivity contribution >= 4 is 17.7 Å². The van der Waals surface area contributed by atoms with Gasteiger partial charge in [0.2, 0.25) is 5.91 Å². The normalized spacial score (nSPS) is 14.5. The molecule has 1 aliphatic rings. The molecule has 1 aromatic carbocycles. The van der Waals surface area contributed by atoms with Gasteiger partial charge in [0.25, 0.3) is 0 Å². The van der Waals surface area contributed by atoms with Gasteiger partial charge in [0, 0.05) is 49.8 Å². The van der Waals surface area contributed by atoms with E-state index < -0.39 is 0 Å². The summed E-state index contributed by atoms with van der Waals surface area (Å²) in [6, 6.07) is 11.6. The number of likely N-dealkylation sites (N-methyl/N-ethyl adjacent to an activating group) is 1. The first kappa shape index (κ1) is 22.3. The molecule has 9 heteroatoms. The molecule has 0 unspecified atom stereocenters. The molecule has 0 atom stereocenters. The molecule has 3 aromatic rings. The first-order valence-corrected chi connectivity index (χ1v) is 11.9. The molecule has 1 aliphatic heterocycles. The van der Waals surface area contributed by atoms with Crippen LogP contribution in [-0.2, 0) is 4.79 Å². The molecule has 4 rings (SSSR count). The minimum Gasteiger partial charge on any atom is -0.494 e. The highest BCUT2D eigenvalue weighted by Gasteiger charge is 2.22. The van der Waals surface area contributed by atoms with Gasteiger partial charge in [-0.2, -0.15) is 0 Å². The average molecular weight is 453 g/mol. The van der Waals surface area contributed by atoms with E-state index in [9.17, 15) is 4.79 Å². The zero-order chi connectivity index (χ0) is 22.3. The van der Waals surface area contributed by atoms with Crippen LogP contribution in [0.5, 0.6) is 5.75 Å². The molecule has 168 valence electrons. The highest BCUT2D eigenvalue weighted by molar-refractivity contribution is 7.99. The van der Waals surface area contributed by atoms with Crippen LogP contribution >= 0.6 is 11.8 Å². The number of pyridine rings is 1. The van der Waals surface area contributed by atoms with Gasteiger partial charge >= 0.3 is 0 Å². The van der Waals surface area contributed by atoms with Crippen LogP contribution in [0, 0.1) is 0 Å². The summed E-state index contributed by atoms with van der Waals surface area (Å²) in [7, 11) is 0. The Morgan fingerprint density at radius 3 is 2.38 bits per heavy atom. The van der Waals surface area contributed by atoms with E-state index in [0.717, 1.165) is 49.7 Å². The predicted molar refractivity (Wildman–Crippen MR) is 125 cm³/mol. The van der Waals surface area contributed by atoms with Crippen LogP contribution in [0.25, 0.3) is 17.1 Å². The number of ether oxygens (including phenoxy) is 1. The van der Waals surface area contributed by atoms with Gasteiger partial charge in [0.15, 0.2) is 11.0 Å². The number of piperazine rings is 1. The van der Waals surface area contributed by atoms with Crippen molar-refractivity contribution in [1.29, 1.82) is 0 Å².